The number of fused-ring (bicyclic) bond motifs is 12. The summed E-state index contributed by atoms with van der Waals surface area (Å²) >= 11 is 0. The summed E-state index contributed by atoms with van der Waals surface area (Å²) in [5.74, 6) is 9.63. The highest BCUT2D eigenvalue weighted by Gasteiger charge is 2.40. The Kier molecular flexibility index (Phi) is 16.1. The number of hydrogen-bond donors (Lipinski definition) is 0. The molecule has 21 aromatic carbocycles. The molecule has 0 saturated carbocycles. The summed E-state index contributed by atoms with van der Waals surface area (Å²) in [5.41, 5.74) is 30.1. The van der Waals surface area contributed by atoms with Crippen LogP contribution in [0.2, 0.25) is 0 Å². The molecule has 15 heteroatoms. The van der Waals surface area contributed by atoms with E-state index < -0.39 is 0 Å². The van der Waals surface area contributed by atoms with Gasteiger partial charge in [0.15, 0.2) is 69.0 Å². The van der Waals surface area contributed by atoms with Crippen molar-refractivity contribution in [1.82, 2.24) is 13.7 Å². The average molecular weight is 1810 g/mol. The molecule has 6 aliphatic rings. The van der Waals surface area contributed by atoms with Crippen molar-refractivity contribution in [3.8, 4) is 119 Å². The van der Waals surface area contributed by atoms with E-state index in [0.29, 0.717) is 0 Å². The van der Waals surface area contributed by atoms with E-state index in [1.807, 2.05) is 133 Å². The number of aromatic nitrogens is 3. The molecule has 27 aromatic rings. The smallest absolute Gasteiger partial charge is 0.176 e. The average Bonchev–Trinajstić information content (AvgIpc) is 1.53. The SMILES string of the molecule is c1ccc(-c2ccc(N(c3ccc4c(c3)oc3ccccc34)c3ccc4c5cccc6c5n5c4c3Oc3cccc(c3-5)O6)cc2)cc1.c1ccc(-c2ccc(N(c3ccc4c5cccc6c5n5c4c3Oc3cccc(c3-5)O6)c3cccc4oc5ccccc5c34)cc2)cc1.c1ccc(-c2ccc(N(c3ccc4oc5ccccc5c4c3)c3ccc4c5cccc6c5n5c4c3Oc3cccc(c3-5)O6)cc2)cc1. The van der Waals surface area contributed by atoms with Gasteiger partial charge in [0.05, 0.1) is 66.9 Å². The fourth-order valence-electron chi connectivity index (χ4n) is 22.6. The van der Waals surface area contributed by atoms with Crippen LogP contribution in [0, 0.1) is 0 Å². The van der Waals surface area contributed by atoms with Crippen molar-refractivity contribution in [3.05, 3.63) is 437 Å². The summed E-state index contributed by atoms with van der Waals surface area (Å²) in [6, 6.07) is 152. The quantitative estimate of drug-likeness (QED) is 0.116. The highest BCUT2D eigenvalue weighted by molar-refractivity contribution is 6.22. The van der Waals surface area contributed by atoms with Gasteiger partial charge in [-0.05, 0) is 221 Å². The van der Waals surface area contributed by atoms with Crippen molar-refractivity contribution < 1.29 is 41.7 Å². The van der Waals surface area contributed by atoms with Crippen molar-refractivity contribution in [2.75, 3.05) is 14.7 Å². The summed E-state index contributed by atoms with van der Waals surface area (Å²) in [6.45, 7) is 0. The molecule has 0 N–H and O–H groups in total. The van der Waals surface area contributed by atoms with Gasteiger partial charge in [0.1, 0.15) is 50.6 Å². The lowest BCUT2D eigenvalue weighted by atomic mass is 10.0. The third-order valence-corrected chi connectivity index (χ3v) is 28.7. The summed E-state index contributed by atoms with van der Waals surface area (Å²) in [4.78, 5) is 6.88. The van der Waals surface area contributed by atoms with E-state index >= 15 is 0 Å². The van der Waals surface area contributed by atoms with Crippen molar-refractivity contribution in [3.63, 3.8) is 0 Å². The third-order valence-electron chi connectivity index (χ3n) is 28.7. The first-order valence-corrected chi connectivity index (χ1v) is 47.3. The van der Waals surface area contributed by atoms with Crippen LogP contribution in [-0.4, -0.2) is 13.7 Å². The molecule has 6 aliphatic heterocycles. The van der Waals surface area contributed by atoms with Crippen LogP contribution < -0.4 is 43.1 Å². The lowest BCUT2D eigenvalue weighted by Crippen LogP contribution is -2.15. The number of para-hydroxylation sites is 9. The van der Waals surface area contributed by atoms with Gasteiger partial charge in [0.2, 0.25) is 0 Å². The molecule has 33 rings (SSSR count). The fraction of sp³-hybridized carbons (Fsp3) is 0. The molecule has 0 spiro atoms. The minimum Gasteiger partial charge on any atom is -0.456 e. The molecule has 0 aliphatic carbocycles. The summed E-state index contributed by atoms with van der Waals surface area (Å²) in [5, 5.41) is 13.3. The van der Waals surface area contributed by atoms with Crippen molar-refractivity contribution in [1.29, 1.82) is 0 Å². The lowest BCUT2D eigenvalue weighted by Gasteiger charge is -2.32. The van der Waals surface area contributed by atoms with Gasteiger partial charge in [-0.25, -0.2) is 0 Å². The highest BCUT2D eigenvalue weighted by atomic mass is 16.5. The fourth-order valence-corrected chi connectivity index (χ4v) is 22.6. The van der Waals surface area contributed by atoms with Crippen molar-refractivity contribution >= 4 is 182 Å². The maximum absolute atomic E-state index is 6.95. The van der Waals surface area contributed by atoms with E-state index in [2.05, 4.69) is 332 Å². The van der Waals surface area contributed by atoms with Crippen LogP contribution >= 0.6 is 0 Å². The topological polar surface area (TPSA) is 119 Å². The number of anilines is 9. The number of furan rings is 3. The molecular weight excluding hydrogens is 1740 g/mol. The van der Waals surface area contributed by atoms with Gasteiger partial charge in [0.25, 0.3) is 0 Å². The Labute approximate surface area is 803 Å². The van der Waals surface area contributed by atoms with E-state index in [4.69, 9.17) is 41.7 Å². The number of benzene rings is 21. The Balaban J connectivity index is 0.0000000972. The van der Waals surface area contributed by atoms with Crippen LogP contribution in [0.15, 0.2) is 450 Å². The predicted octanol–water partition coefficient (Wildman–Crippen LogP) is 36.1. The van der Waals surface area contributed by atoms with Gasteiger partial charge in [0, 0.05) is 88.1 Å². The highest BCUT2D eigenvalue weighted by Crippen LogP contribution is 2.63. The second-order valence-electron chi connectivity index (χ2n) is 36.4. The van der Waals surface area contributed by atoms with Crippen LogP contribution in [0.3, 0.4) is 0 Å². The first kappa shape index (κ1) is 77.0. The Hall–Kier alpha value is -19.4. The minimum absolute atomic E-state index is 0.766. The first-order chi connectivity index (χ1) is 69.9. The molecule has 141 heavy (non-hydrogen) atoms. The zero-order valence-corrected chi connectivity index (χ0v) is 74.9. The summed E-state index contributed by atoms with van der Waals surface area (Å²) in [6.07, 6.45) is 0. The number of nitrogens with zero attached hydrogens (tertiary/aromatic N) is 6. The van der Waals surface area contributed by atoms with Gasteiger partial charge in [-0.1, -0.05) is 243 Å². The number of hydrogen-bond acceptors (Lipinski definition) is 12. The standard InChI is InChI=1S/3C42H24N2O3/c1-2-9-25(10-3-1)26-19-21-27(22-20-26)43(31-13-7-15-34-38(31)30-11-4-5-14-33(30)45-34)32-24-23-29-28-12-6-16-35-39(28)44-40(29)42(32)47-37-18-8-17-36(46-35)41(37)44;1-2-8-25(9-3-1)26-16-18-27(19-17-26)43(28-20-23-35-32(24-28)29-10-4-5-12-34(29)45-35)33-22-21-31-30-11-6-13-36-39(30)44-40(31)42(33)47-38-15-7-14-37(46-36)41(38)44;1-2-8-25(9-3-1)26-16-18-27(19-17-26)43(28-20-21-30-29-10-4-5-12-34(29)45-38(30)24-28)33-23-22-32-31-11-6-13-35-39(31)44-40(32)42(33)47-37-15-7-14-36(46-35)41(37)44/h3*1-24H. The first-order valence-electron chi connectivity index (χ1n) is 47.3. The van der Waals surface area contributed by atoms with Crippen LogP contribution in [0.1, 0.15) is 0 Å². The van der Waals surface area contributed by atoms with Gasteiger partial charge in [-0.2, -0.15) is 0 Å². The summed E-state index contributed by atoms with van der Waals surface area (Å²) in [7, 11) is 0. The molecule has 12 heterocycles. The van der Waals surface area contributed by atoms with Crippen molar-refractivity contribution in [2.24, 2.45) is 0 Å². The Morgan fingerprint density at radius 1 is 0.156 bits per heavy atom. The van der Waals surface area contributed by atoms with Crippen molar-refractivity contribution in [2.45, 2.75) is 0 Å². The maximum atomic E-state index is 6.95. The molecule has 0 atom stereocenters. The Morgan fingerprint density at radius 2 is 0.440 bits per heavy atom. The number of rotatable bonds is 12. The second kappa shape index (κ2) is 29.6. The van der Waals surface area contributed by atoms with E-state index in [1.54, 1.807) is 0 Å². The second-order valence-corrected chi connectivity index (χ2v) is 36.4. The Bertz CT molecular complexity index is 10000. The number of ether oxygens (including phenoxy) is 6. The van der Waals surface area contributed by atoms with E-state index in [9.17, 15) is 0 Å². The third kappa shape index (κ3) is 11.4. The predicted molar refractivity (Wildman–Crippen MR) is 565 cm³/mol. The Morgan fingerprint density at radius 3 is 0.887 bits per heavy atom. The lowest BCUT2D eigenvalue weighted by molar-refractivity contribution is 0.444. The van der Waals surface area contributed by atoms with E-state index in [1.165, 1.54) is 16.7 Å². The zero-order valence-electron chi connectivity index (χ0n) is 74.9. The van der Waals surface area contributed by atoms with E-state index in [-0.39, 0.29) is 0 Å². The molecule has 0 saturated heterocycles. The molecule has 660 valence electrons. The monoisotopic (exact) mass is 1810 g/mol. The molecule has 0 amide bonds. The van der Waals surface area contributed by atoms with Crippen LogP contribution in [0.4, 0.5) is 51.2 Å². The molecule has 15 nitrogen and oxygen atoms in total. The largest absolute Gasteiger partial charge is 0.456 e. The molecule has 0 bridgehead atoms. The van der Waals surface area contributed by atoms with Gasteiger partial charge < -0.3 is 56.4 Å². The molecule has 0 radical (unpaired) electrons. The van der Waals surface area contributed by atoms with Gasteiger partial charge >= 0.3 is 0 Å². The molecular formula is C126H72N6O9. The van der Waals surface area contributed by atoms with Gasteiger partial charge in [-0.3, -0.25) is 13.7 Å². The maximum Gasteiger partial charge on any atom is 0.176 e. The zero-order chi connectivity index (χ0) is 91.9. The molecule has 0 unspecified atom stereocenters. The van der Waals surface area contributed by atoms with E-state index in [0.717, 1.165) is 285 Å². The van der Waals surface area contributed by atoms with Crippen LogP contribution in [-0.2, 0) is 0 Å². The molecule has 0 fully saturated rings. The minimum atomic E-state index is 0.766. The van der Waals surface area contributed by atoms with Crippen LogP contribution in [0.5, 0.6) is 69.0 Å². The molecule has 6 aromatic heterocycles. The normalized spacial score (nSPS) is 12.6. The summed E-state index contributed by atoms with van der Waals surface area (Å²) < 4.78 is 66.0. The van der Waals surface area contributed by atoms with Crippen LogP contribution in [0.25, 0.3) is 182 Å². The van der Waals surface area contributed by atoms with Gasteiger partial charge in [-0.15, -0.1) is 0 Å².